The highest BCUT2D eigenvalue weighted by Crippen LogP contribution is 2.36. The molecule has 0 spiro atoms. The van der Waals surface area contributed by atoms with Crippen molar-refractivity contribution < 1.29 is 19.7 Å². The van der Waals surface area contributed by atoms with Gasteiger partial charge in [-0.25, -0.2) is 4.79 Å². The van der Waals surface area contributed by atoms with Crippen LogP contribution in [0.3, 0.4) is 0 Å². The van der Waals surface area contributed by atoms with Gasteiger partial charge in [-0.15, -0.1) is 0 Å². The molecule has 1 heterocycles. The Labute approximate surface area is 120 Å². The Morgan fingerprint density at radius 3 is 2.85 bits per heavy atom. The molecule has 5 atom stereocenters. The van der Waals surface area contributed by atoms with E-state index in [0.29, 0.717) is 12.8 Å². The molecule has 0 aromatic heterocycles. The summed E-state index contributed by atoms with van der Waals surface area (Å²) in [7, 11) is 0. The molecule has 0 bridgehead atoms. The minimum atomic E-state index is -0.717. The summed E-state index contributed by atoms with van der Waals surface area (Å²) >= 11 is 0. The van der Waals surface area contributed by atoms with Gasteiger partial charge in [0.1, 0.15) is 0 Å². The molecule has 0 radical (unpaired) electrons. The zero-order valence-corrected chi connectivity index (χ0v) is 11.9. The maximum atomic E-state index is 11.6. The van der Waals surface area contributed by atoms with Gasteiger partial charge in [0, 0.05) is 6.08 Å². The van der Waals surface area contributed by atoms with Crippen molar-refractivity contribution in [3.05, 3.63) is 24.3 Å². The van der Waals surface area contributed by atoms with Crippen LogP contribution in [0.1, 0.15) is 39.0 Å². The maximum Gasteiger partial charge on any atom is 0.330 e. The van der Waals surface area contributed by atoms with Crippen LogP contribution in [0.15, 0.2) is 24.3 Å². The molecule has 1 aliphatic carbocycles. The van der Waals surface area contributed by atoms with Crippen molar-refractivity contribution in [2.75, 3.05) is 0 Å². The Morgan fingerprint density at radius 1 is 1.25 bits per heavy atom. The van der Waals surface area contributed by atoms with E-state index in [1.807, 2.05) is 6.92 Å². The van der Waals surface area contributed by atoms with E-state index in [1.165, 1.54) is 12.2 Å². The normalized spacial score (nSPS) is 42.5. The zero-order chi connectivity index (χ0) is 14.5. The van der Waals surface area contributed by atoms with Gasteiger partial charge in [-0.3, -0.25) is 0 Å². The summed E-state index contributed by atoms with van der Waals surface area (Å²) in [5, 5.41) is 20.0. The fourth-order valence-electron chi connectivity index (χ4n) is 3.10. The summed E-state index contributed by atoms with van der Waals surface area (Å²) in [5.41, 5.74) is 0. The van der Waals surface area contributed by atoms with E-state index in [0.717, 1.165) is 19.3 Å². The molecule has 0 aromatic carbocycles. The lowest BCUT2D eigenvalue weighted by Crippen LogP contribution is -2.21. The first-order valence-electron chi connectivity index (χ1n) is 7.48. The molecular weight excluding hydrogens is 256 g/mol. The number of hydrogen-bond donors (Lipinski definition) is 2. The number of allylic oxidation sites excluding steroid dienone is 2. The molecule has 2 aliphatic rings. The molecule has 2 N–H and O–H groups in total. The number of rotatable bonds is 0. The van der Waals surface area contributed by atoms with E-state index in [1.54, 1.807) is 0 Å². The van der Waals surface area contributed by atoms with Crippen LogP contribution < -0.4 is 0 Å². The zero-order valence-electron chi connectivity index (χ0n) is 11.9. The average molecular weight is 280 g/mol. The van der Waals surface area contributed by atoms with Crippen molar-refractivity contribution in [2.24, 2.45) is 11.8 Å². The topological polar surface area (TPSA) is 66.8 Å². The van der Waals surface area contributed by atoms with Crippen LogP contribution in [0.4, 0.5) is 0 Å². The monoisotopic (exact) mass is 280 g/mol. The van der Waals surface area contributed by atoms with Crippen molar-refractivity contribution in [3.8, 4) is 0 Å². The van der Waals surface area contributed by atoms with E-state index >= 15 is 0 Å². The number of fused-ring (bicyclic) bond motifs is 1. The average Bonchev–Trinajstić information content (AvgIpc) is 2.76. The van der Waals surface area contributed by atoms with Gasteiger partial charge in [0.15, 0.2) is 0 Å². The van der Waals surface area contributed by atoms with Crippen molar-refractivity contribution in [2.45, 2.75) is 57.3 Å². The number of esters is 1. The SMILES string of the molecule is C[C@@H]1CCC/C=C/[C@H]2C[C@H](O)C[C@@H]2[C@H](O)/C=C/C(=O)O1. The van der Waals surface area contributed by atoms with Gasteiger partial charge in [0.05, 0.1) is 18.3 Å². The molecule has 2 rings (SSSR count). The van der Waals surface area contributed by atoms with Crippen molar-refractivity contribution in [3.63, 3.8) is 0 Å². The molecule has 0 aromatic rings. The number of aliphatic hydroxyl groups excluding tert-OH is 2. The van der Waals surface area contributed by atoms with E-state index < -0.39 is 12.1 Å². The number of carbonyl (C=O) groups excluding carboxylic acids is 1. The number of ether oxygens (including phenoxy) is 1. The predicted molar refractivity (Wildman–Crippen MR) is 75.9 cm³/mol. The minimum absolute atomic E-state index is 0.0246. The van der Waals surface area contributed by atoms with E-state index in [-0.39, 0.29) is 24.0 Å². The maximum absolute atomic E-state index is 11.6. The van der Waals surface area contributed by atoms with Gasteiger partial charge >= 0.3 is 5.97 Å². The highest BCUT2D eigenvalue weighted by atomic mass is 16.5. The molecule has 1 saturated carbocycles. The summed E-state index contributed by atoms with van der Waals surface area (Å²) in [6.07, 6.45) is 9.87. The third kappa shape index (κ3) is 4.18. The summed E-state index contributed by atoms with van der Waals surface area (Å²) in [6, 6.07) is 0. The molecular formula is C16H24O4. The molecule has 112 valence electrons. The van der Waals surface area contributed by atoms with Crippen LogP contribution in [-0.2, 0) is 9.53 Å². The highest BCUT2D eigenvalue weighted by molar-refractivity contribution is 5.82. The molecule has 1 fully saturated rings. The van der Waals surface area contributed by atoms with E-state index in [2.05, 4.69) is 12.2 Å². The Hall–Kier alpha value is -1.13. The summed E-state index contributed by atoms with van der Waals surface area (Å²) in [5.74, 6) is -0.249. The summed E-state index contributed by atoms with van der Waals surface area (Å²) in [4.78, 5) is 11.6. The van der Waals surface area contributed by atoms with Gasteiger partial charge in [0.25, 0.3) is 0 Å². The van der Waals surface area contributed by atoms with Gasteiger partial charge in [0.2, 0.25) is 0 Å². The second-order valence-corrected chi connectivity index (χ2v) is 5.91. The molecule has 4 heteroatoms. The Kier molecular flexibility index (Phi) is 5.38. The molecule has 1 aliphatic heterocycles. The smallest absolute Gasteiger partial charge is 0.330 e. The van der Waals surface area contributed by atoms with Gasteiger partial charge in [-0.1, -0.05) is 12.2 Å². The fourth-order valence-corrected chi connectivity index (χ4v) is 3.10. The number of carbonyl (C=O) groups is 1. The van der Waals surface area contributed by atoms with E-state index in [9.17, 15) is 15.0 Å². The van der Waals surface area contributed by atoms with Crippen LogP contribution in [0, 0.1) is 11.8 Å². The number of hydrogen-bond acceptors (Lipinski definition) is 4. The third-order valence-corrected chi connectivity index (χ3v) is 4.19. The van der Waals surface area contributed by atoms with Gasteiger partial charge < -0.3 is 14.9 Å². The van der Waals surface area contributed by atoms with Crippen LogP contribution >= 0.6 is 0 Å². The lowest BCUT2D eigenvalue weighted by atomic mass is 9.90. The van der Waals surface area contributed by atoms with Crippen LogP contribution in [-0.4, -0.2) is 34.5 Å². The third-order valence-electron chi connectivity index (χ3n) is 4.19. The Morgan fingerprint density at radius 2 is 2.05 bits per heavy atom. The Bertz CT molecular complexity index is 388. The molecule has 20 heavy (non-hydrogen) atoms. The number of aliphatic hydroxyl groups is 2. The minimum Gasteiger partial charge on any atom is -0.460 e. The van der Waals surface area contributed by atoms with Crippen LogP contribution in [0.5, 0.6) is 0 Å². The Balaban J connectivity index is 2.11. The van der Waals surface area contributed by atoms with E-state index in [4.69, 9.17) is 4.74 Å². The van der Waals surface area contributed by atoms with Crippen LogP contribution in [0.25, 0.3) is 0 Å². The molecule has 0 amide bonds. The quantitative estimate of drug-likeness (QED) is 0.526. The first-order chi connectivity index (χ1) is 9.56. The van der Waals surface area contributed by atoms with Gasteiger partial charge in [-0.2, -0.15) is 0 Å². The predicted octanol–water partition coefficient (Wildman–Crippen LogP) is 1.96. The molecule has 0 unspecified atom stereocenters. The van der Waals surface area contributed by atoms with Crippen molar-refractivity contribution in [1.82, 2.24) is 0 Å². The first-order valence-corrected chi connectivity index (χ1v) is 7.48. The van der Waals surface area contributed by atoms with Crippen molar-refractivity contribution in [1.29, 1.82) is 0 Å². The lowest BCUT2D eigenvalue weighted by Gasteiger charge is -2.19. The largest absolute Gasteiger partial charge is 0.460 e. The second kappa shape index (κ2) is 7.04. The fraction of sp³-hybridized carbons (Fsp3) is 0.688. The molecule has 4 nitrogen and oxygen atoms in total. The standard InChI is InChI=1S/C16H24O4/c1-11-5-3-2-4-6-12-9-13(17)10-14(12)15(18)7-8-16(19)20-11/h4,6-8,11-15,17-18H,2-3,5,9-10H2,1H3/b6-4+,8-7+/t11-,12+,13+,14+,15-/m1/s1. The second-order valence-electron chi connectivity index (χ2n) is 5.91. The number of cyclic esters (lactones) is 1. The van der Waals surface area contributed by atoms with Crippen molar-refractivity contribution >= 4 is 5.97 Å². The summed E-state index contributed by atoms with van der Waals surface area (Å²) in [6.45, 7) is 1.89. The highest BCUT2D eigenvalue weighted by Gasteiger charge is 2.35. The van der Waals surface area contributed by atoms with Gasteiger partial charge in [-0.05, 0) is 56.9 Å². The lowest BCUT2D eigenvalue weighted by molar-refractivity contribution is -0.142. The summed E-state index contributed by atoms with van der Waals surface area (Å²) < 4.78 is 5.23. The first kappa shape index (κ1) is 15.3. The molecule has 0 saturated heterocycles. The van der Waals surface area contributed by atoms with Crippen LogP contribution in [0.2, 0.25) is 0 Å².